The van der Waals surface area contributed by atoms with Crippen LogP contribution in [0.5, 0.6) is 5.75 Å². The average molecular weight is 644 g/mol. The normalized spacial score (nSPS) is 13.9. The van der Waals surface area contributed by atoms with E-state index in [1.807, 2.05) is 64.9 Å². The molecule has 5 heterocycles. The van der Waals surface area contributed by atoms with Gasteiger partial charge in [-0.3, -0.25) is 9.67 Å². The van der Waals surface area contributed by atoms with Gasteiger partial charge in [0.05, 0.1) is 35.3 Å². The van der Waals surface area contributed by atoms with Gasteiger partial charge in [0.2, 0.25) is 0 Å². The fourth-order valence-corrected chi connectivity index (χ4v) is 7.15. The molecule has 0 unspecified atom stereocenters. The smallest absolute Gasteiger partial charge is 0.337 e. The number of carbonyl (C=O) groups is 1. The first kappa shape index (κ1) is 31.6. The Hall–Kier alpha value is -5.02. The summed E-state index contributed by atoms with van der Waals surface area (Å²) >= 11 is 0. The highest BCUT2D eigenvalue weighted by atomic mass is 16.5. The van der Waals surface area contributed by atoms with Crippen molar-refractivity contribution in [3.8, 4) is 39.4 Å². The lowest BCUT2D eigenvalue weighted by Crippen LogP contribution is -2.28. The van der Waals surface area contributed by atoms with Gasteiger partial charge >= 0.3 is 5.97 Å². The van der Waals surface area contributed by atoms with Crippen LogP contribution in [-0.4, -0.2) is 47.6 Å². The van der Waals surface area contributed by atoms with Crippen LogP contribution in [0, 0.1) is 20.8 Å². The average Bonchev–Trinajstić information content (AvgIpc) is 3.59. The summed E-state index contributed by atoms with van der Waals surface area (Å²) in [6, 6.07) is 14.6. The summed E-state index contributed by atoms with van der Waals surface area (Å²) in [5.41, 5.74) is 11.2. The number of aliphatic carboxylic acids is 1. The zero-order chi connectivity index (χ0) is 34.1. The van der Waals surface area contributed by atoms with E-state index in [9.17, 15) is 9.90 Å². The van der Waals surface area contributed by atoms with Gasteiger partial charge in [-0.05, 0) is 113 Å². The monoisotopic (exact) mass is 643 g/mol. The SMILES string of the molecule is Cc1cc(-c2c([C@H](OC(C)(C)C)C(=O)O)c(C)nc3c2cc(-c2ccnc(-c4ccc5c(cnn5C)c4)c2)n3C)c(C)c2c1OCCC2. The van der Waals surface area contributed by atoms with E-state index >= 15 is 0 Å². The van der Waals surface area contributed by atoms with Crippen LogP contribution < -0.4 is 4.74 Å². The van der Waals surface area contributed by atoms with Crippen LogP contribution in [0.1, 0.15) is 61.2 Å². The van der Waals surface area contributed by atoms with E-state index < -0.39 is 17.7 Å². The van der Waals surface area contributed by atoms with Gasteiger partial charge in [0.25, 0.3) is 0 Å². The fraction of sp³-hybridized carbons (Fsp3) is 0.333. The van der Waals surface area contributed by atoms with E-state index in [0.29, 0.717) is 17.9 Å². The van der Waals surface area contributed by atoms with Crippen molar-refractivity contribution in [2.24, 2.45) is 14.1 Å². The van der Waals surface area contributed by atoms with Crippen molar-refractivity contribution < 1.29 is 19.4 Å². The largest absolute Gasteiger partial charge is 0.493 e. The van der Waals surface area contributed by atoms with Crippen molar-refractivity contribution >= 4 is 27.9 Å². The van der Waals surface area contributed by atoms with Crippen LogP contribution in [0.25, 0.3) is 55.6 Å². The molecule has 0 aliphatic carbocycles. The minimum atomic E-state index is -1.22. The number of nitrogens with zero attached hydrogens (tertiary/aromatic N) is 5. The van der Waals surface area contributed by atoms with Crippen molar-refractivity contribution in [2.45, 2.75) is 66.1 Å². The zero-order valence-electron chi connectivity index (χ0n) is 28.8. The molecule has 0 bridgehead atoms. The number of rotatable bonds is 6. The van der Waals surface area contributed by atoms with Crippen molar-refractivity contribution in [2.75, 3.05) is 6.61 Å². The second-order valence-corrected chi connectivity index (χ2v) is 13.9. The Morgan fingerprint density at radius 1 is 1.04 bits per heavy atom. The number of aryl methyl sites for hydroxylation is 4. The summed E-state index contributed by atoms with van der Waals surface area (Å²) < 4.78 is 16.4. The number of hydrogen-bond acceptors (Lipinski definition) is 6. The highest BCUT2D eigenvalue weighted by Crippen LogP contribution is 2.46. The van der Waals surface area contributed by atoms with Crippen molar-refractivity contribution in [3.63, 3.8) is 0 Å². The lowest BCUT2D eigenvalue weighted by molar-refractivity contribution is -0.160. The molecule has 9 heteroatoms. The molecule has 0 radical (unpaired) electrons. The molecule has 2 aromatic carbocycles. The van der Waals surface area contributed by atoms with Gasteiger partial charge < -0.3 is 19.1 Å². The number of carboxylic acid groups (broad SMARTS) is 1. The van der Waals surface area contributed by atoms with Gasteiger partial charge in [-0.1, -0.05) is 6.07 Å². The van der Waals surface area contributed by atoms with Crippen LogP contribution in [0.3, 0.4) is 0 Å². The Balaban J connectivity index is 1.48. The van der Waals surface area contributed by atoms with Gasteiger partial charge in [0.1, 0.15) is 11.4 Å². The van der Waals surface area contributed by atoms with Gasteiger partial charge in [-0.15, -0.1) is 0 Å². The Kier molecular flexibility index (Phi) is 7.63. The molecule has 0 spiro atoms. The molecular formula is C39H41N5O4. The first-order valence-corrected chi connectivity index (χ1v) is 16.4. The number of ether oxygens (including phenoxy) is 2. The number of pyridine rings is 2. The molecule has 0 fully saturated rings. The lowest BCUT2D eigenvalue weighted by Gasteiger charge is -2.29. The van der Waals surface area contributed by atoms with E-state index in [0.717, 1.165) is 85.3 Å². The van der Waals surface area contributed by atoms with Gasteiger partial charge in [-0.2, -0.15) is 5.10 Å². The Labute approximate surface area is 280 Å². The Morgan fingerprint density at radius 2 is 1.83 bits per heavy atom. The molecule has 4 aromatic heterocycles. The van der Waals surface area contributed by atoms with Crippen LogP contribution >= 0.6 is 0 Å². The second-order valence-electron chi connectivity index (χ2n) is 13.9. The second kappa shape index (κ2) is 11.6. The third-order valence-electron chi connectivity index (χ3n) is 9.40. The van der Waals surface area contributed by atoms with Crippen LogP contribution in [0.2, 0.25) is 0 Å². The maximum atomic E-state index is 13.0. The van der Waals surface area contributed by atoms with E-state index in [-0.39, 0.29) is 0 Å². The summed E-state index contributed by atoms with van der Waals surface area (Å²) in [7, 11) is 3.94. The molecule has 48 heavy (non-hydrogen) atoms. The van der Waals surface area contributed by atoms with Gasteiger partial charge in [-0.25, -0.2) is 9.78 Å². The topological polar surface area (TPSA) is 104 Å². The third kappa shape index (κ3) is 5.32. The van der Waals surface area contributed by atoms with Crippen molar-refractivity contribution in [1.82, 2.24) is 24.3 Å². The molecular weight excluding hydrogens is 602 g/mol. The highest BCUT2D eigenvalue weighted by Gasteiger charge is 2.34. The van der Waals surface area contributed by atoms with E-state index in [2.05, 4.69) is 59.9 Å². The van der Waals surface area contributed by atoms with Crippen LogP contribution in [0.4, 0.5) is 0 Å². The number of fused-ring (bicyclic) bond motifs is 3. The molecule has 1 aliphatic rings. The summed E-state index contributed by atoms with van der Waals surface area (Å²) in [4.78, 5) is 22.8. The summed E-state index contributed by atoms with van der Waals surface area (Å²) in [6.07, 6.45) is 4.32. The predicted molar refractivity (Wildman–Crippen MR) is 188 cm³/mol. The zero-order valence-corrected chi connectivity index (χ0v) is 28.8. The van der Waals surface area contributed by atoms with Crippen LogP contribution in [-0.2, 0) is 30.0 Å². The maximum absolute atomic E-state index is 13.0. The molecule has 246 valence electrons. The number of benzene rings is 2. The number of aromatic nitrogens is 5. The Morgan fingerprint density at radius 3 is 2.58 bits per heavy atom. The first-order valence-electron chi connectivity index (χ1n) is 16.4. The Bertz CT molecular complexity index is 2260. The van der Waals surface area contributed by atoms with Crippen molar-refractivity contribution in [3.05, 3.63) is 82.8 Å². The maximum Gasteiger partial charge on any atom is 0.337 e. The number of carboxylic acids is 1. The quantitative estimate of drug-likeness (QED) is 0.196. The lowest BCUT2D eigenvalue weighted by atomic mass is 9.85. The minimum absolute atomic E-state index is 0.571. The molecule has 6 aromatic rings. The molecule has 0 saturated heterocycles. The summed E-state index contributed by atoms with van der Waals surface area (Å²) in [5, 5.41) is 16.9. The van der Waals surface area contributed by atoms with E-state index in [1.165, 1.54) is 5.56 Å². The first-order chi connectivity index (χ1) is 22.8. The van der Waals surface area contributed by atoms with Crippen LogP contribution in [0.15, 0.2) is 54.9 Å². The molecule has 0 saturated carbocycles. The van der Waals surface area contributed by atoms with Gasteiger partial charge in [0.15, 0.2) is 6.10 Å². The van der Waals surface area contributed by atoms with Crippen molar-refractivity contribution in [1.29, 1.82) is 0 Å². The standard InChI is InChI=1S/C39H41N5O4/c1-21-16-28(22(2)27-10-9-15-47-35(21)27)34-29-19-32(43(7)37(29)42-23(3)33(34)36(38(45)46)48-39(4,5)6)25-13-14-40-30(18-25)24-11-12-31-26(17-24)20-41-44(31)8/h11-14,16-20,36H,9-10,15H2,1-8H3,(H,45,46)/t36-/m0/s1. The molecule has 1 N–H and O–H groups in total. The summed E-state index contributed by atoms with van der Waals surface area (Å²) in [5.74, 6) is -0.110. The number of hydrogen-bond donors (Lipinski definition) is 1. The van der Waals surface area contributed by atoms with Gasteiger partial charge in [0, 0.05) is 59.0 Å². The fourth-order valence-electron chi connectivity index (χ4n) is 7.15. The van der Waals surface area contributed by atoms with E-state index in [1.54, 1.807) is 0 Å². The molecule has 1 atom stereocenters. The third-order valence-corrected chi connectivity index (χ3v) is 9.40. The van der Waals surface area contributed by atoms with E-state index in [4.69, 9.17) is 19.4 Å². The predicted octanol–water partition coefficient (Wildman–Crippen LogP) is 8.05. The minimum Gasteiger partial charge on any atom is -0.493 e. The highest BCUT2D eigenvalue weighted by molar-refractivity contribution is 6.01. The molecule has 7 rings (SSSR count). The molecule has 9 nitrogen and oxygen atoms in total. The molecule has 0 amide bonds. The summed E-state index contributed by atoms with van der Waals surface area (Å²) in [6.45, 7) is 12.4. The molecule has 1 aliphatic heterocycles.